The molecule has 0 aromatic heterocycles. The average molecular weight is 635 g/mol. The topological polar surface area (TPSA) is 131 Å². The lowest BCUT2D eigenvalue weighted by molar-refractivity contribution is -0.138. The van der Waals surface area contributed by atoms with Crippen LogP contribution >= 0.6 is 0 Å². The van der Waals surface area contributed by atoms with Crippen LogP contribution in [0.4, 0.5) is 4.79 Å². The predicted molar refractivity (Wildman–Crippen MR) is 177 cm³/mol. The Kier molecular flexibility index (Phi) is 13.9. The van der Waals surface area contributed by atoms with Crippen molar-refractivity contribution in [1.29, 1.82) is 5.26 Å². The summed E-state index contributed by atoms with van der Waals surface area (Å²) in [6, 6.07) is 1.71. The van der Waals surface area contributed by atoms with E-state index in [1.54, 1.807) is 6.92 Å². The normalized spacial score (nSPS) is 26.2. The van der Waals surface area contributed by atoms with E-state index in [0.717, 1.165) is 32.2 Å². The van der Waals surface area contributed by atoms with Gasteiger partial charge in [0, 0.05) is 42.0 Å². The van der Waals surface area contributed by atoms with E-state index in [1.165, 1.54) is 0 Å². The van der Waals surface area contributed by atoms with Crippen molar-refractivity contribution in [2.45, 2.75) is 124 Å². The highest BCUT2D eigenvalue weighted by atomic mass is 16.5. The van der Waals surface area contributed by atoms with Crippen LogP contribution in [0.3, 0.4) is 0 Å². The van der Waals surface area contributed by atoms with Gasteiger partial charge in [-0.15, -0.1) is 0 Å². The number of carbonyl (C=O) groups excluding carboxylic acids is 2. The Bertz CT molecular complexity index is 1060. The van der Waals surface area contributed by atoms with Gasteiger partial charge in [-0.25, -0.2) is 9.59 Å². The molecule has 0 aromatic carbocycles. The van der Waals surface area contributed by atoms with Crippen LogP contribution in [0, 0.1) is 34.0 Å². The van der Waals surface area contributed by atoms with E-state index in [4.69, 9.17) is 24.2 Å². The molecule has 2 amide bonds. The summed E-state index contributed by atoms with van der Waals surface area (Å²) in [6.45, 7) is 28.3. The van der Waals surface area contributed by atoms with Crippen LogP contribution in [0.1, 0.15) is 101 Å². The standard InChI is InChI=1S/C35H62N4O6/c1-12-35(11,44-18-14-31(5,6)32(7,8)45-24-28-21-34(28,10)38-16-13-15-36)33(9)20-27(33)23-42-22-26(4)39-30(41)37-17-19-43-29(40)25(2)3/h26-28,38H,2,12-14,16-24H2,1,3-11H3,(H2,37,39,41). The number of hydrogen-bond donors (Lipinski definition) is 3. The SMILES string of the molecule is C=C(C)C(=O)OCCNC(=O)NC(C)COCC1CC1(C)C(C)(CC)OCCC(C)(C)C(C)(C)OCC1CC1(C)NCCC#N. The molecule has 10 nitrogen and oxygen atoms in total. The molecule has 2 rings (SSSR count). The minimum absolute atomic E-state index is 0.0299. The molecule has 6 atom stereocenters. The number of nitriles is 1. The van der Waals surface area contributed by atoms with E-state index in [1.807, 2.05) is 6.92 Å². The number of carbonyl (C=O) groups is 2. The summed E-state index contributed by atoms with van der Waals surface area (Å²) in [6.07, 6.45) is 4.46. The number of hydrogen-bond acceptors (Lipinski definition) is 8. The monoisotopic (exact) mass is 634 g/mol. The molecule has 10 heteroatoms. The van der Waals surface area contributed by atoms with E-state index in [0.29, 0.717) is 50.3 Å². The molecule has 258 valence electrons. The fourth-order valence-corrected chi connectivity index (χ4v) is 5.80. The number of esters is 1. The number of nitrogens with zero attached hydrogens (tertiary/aromatic N) is 1. The highest BCUT2D eigenvalue weighted by Gasteiger charge is 2.61. The Labute approximate surface area is 272 Å². The summed E-state index contributed by atoms with van der Waals surface area (Å²) in [4.78, 5) is 23.5. The molecule has 3 N–H and O–H groups in total. The fraction of sp³-hybridized carbons (Fsp3) is 0.857. The van der Waals surface area contributed by atoms with Gasteiger partial charge in [0.2, 0.25) is 0 Å². The van der Waals surface area contributed by atoms with Crippen LogP contribution in [-0.4, -0.2) is 80.9 Å². The fourth-order valence-electron chi connectivity index (χ4n) is 5.80. The van der Waals surface area contributed by atoms with E-state index in [-0.39, 0.29) is 52.8 Å². The first-order valence-corrected chi connectivity index (χ1v) is 16.7. The molecule has 0 aliphatic heterocycles. The summed E-state index contributed by atoms with van der Waals surface area (Å²) >= 11 is 0. The quantitative estimate of drug-likeness (QED) is 0.0807. The minimum Gasteiger partial charge on any atom is -0.460 e. The molecule has 0 heterocycles. The second-order valence-corrected chi connectivity index (χ2v) is 15.1. The van der Waals surface area contributed by atoms with Gasteiger partial charge in [-0.05, 0) is 78.6 Å². The smallest absolute Gasteiger partial charge is 0.333 e. The lowest BCUT2D eigenvalue weighted by Crippen LogP contribution is -2.45. The van der Waals surface area contributed by atoms with E-state index < -0.39 is 5.97 Å². The Morgan fingerprint density at radius 2 is 1.73 bits per heavy atom. The van der Waals surface area contributed by atoms with E-state index >= 15 is 0 Å². The van der Waals surface area contributed by atoms with Crippen LogP contribution in [0.5, 0.6) is 0 Å². The van der Waals surface area contributed by atoms with Crippen molar-refractivity contribution in [3.8, 4) is 6.07 Å². The number of urea groups is 1. The summed E-state index contributed by atoms with van der Waals surface area (Å²) in [5.74, 6) is 0.401. The zero-order valence-electron chi connectivity index (χ0n) is 29.8. The van der Waals surface area contributed by atoms with Crippen LogP contribution in [0.25, 0.3) is 0 Å². The molecule has 0 radical (unpaired) electrons. The van der Waals surface area contributed by atoms with Gasteiger partial charge in [-0.2, -0.15) is 5.26 Å². The molecular weight excluding hydrogens is 572 g/mol. The van der Waals surface area contributed by atoms with Crippen LogP contribution in [0.2, 0.25) is 0 Å². The Morgan fingerprint density at radius 3 is 2.36 bits per heavy atom. The molecule has 2 aliphatic rings. The summed E-state index contributed by atoms with van der Waals surface area (Å²) in [7, 11) is 0. The van der Waals surface area contributed by atoms with Crippen molar-refractivity contribution in [2.24, 2.45) is 22.7 Å². The van der Waals surface area contributed by atoms with Crippen molar-refractivity contribution in [2.75, 3.05) is 46.1 Å². The van der Waals surface area contributed by atoms with Crippen molar-refractivity contribution in [3.63, 3.8) is 0 Å². The van der Waals surface area contributed by atoms with Crippen LogP contribution in [0.15, 0.2) is 12.2 Å². The molecule has 0 bridgehead atoms. The van der Waals surface area contributed by atoms with Gasteiger partial charge in [0.15, 0.2) is 0 Å². The zero-order chi connectivity index (χ0) is 34.1. The van der Waals surface area contributed by atoms with Crippen molar-refractivity contribution < 1.29 is 28.5 Å². The van der Waals surface area contributed by atoms with Gasteiger partial charge < -0.3 is 34.9 Å². The first kappa shape index (κ1) is 39.0. The molecule has 2 fully saturated rings. The van der Waals surface area contributed by atoms with E-state index in [2.05, 4.69) is 84.0 Å². The minimum atomic E-state index is -0.469. The van der Waals surface area contributed by atoms with Gasteiger partial charge in [-0.1, -0.05) is 34.3 Å². The average Bonchev–Trinajstić information content (AvgIpc) is 3.83. The van der Waals surface area contributed by atoms with Gasteiger partial charge >= 0.3 is 12.0 Å². The van der Waals surface area contributed by atoms with Crippen LogP contribution in [-0.2, 0) is 23.7 Å². The maximum absolute atomic E-state index is 12.1. The second kappa shape index (κ2) is 16.1. The second-order valence-electron chi connectivity index (χ2n) is 15.1. The third-order valence-corrected chi connectivity index (χ3v) is 10.9. The molecule has 2 aliphatic carbocycles. The summed E-state index contributed by atoms with van der Waals surface area (Å²) < 4.78 is 24.2. The zero-order valence-corrected chi connectivity index (χ0v) is 29.8. The number of amides is 2. The highest BCUT2D eigenvalue weighted by Crippen LogP contribution is 2.61. The third-order valence-electron chi connectivity index (χ3n) is 10.9. The molecular formula is C35H62N4O6. The Balaban J connectivity index is 1.71. The maximum Gasteiger partial charge on any atom is 0.333 e. The number of nitrogens with one attached hydrogen (secondary N) is 3. The maximum atomic E-state index is 12.1. The molecule has 0 spiro atoms. The molecule has 0 aromatic rings. The van der Waals surface area contributed by atoms with Gasteiger partial charge in [-0.3, -0.25) is 0 Å². The highest BCUT2D eigenvalue weighted by molar-refractivity contribution is 5.86. The molecule has 45 heavy (non-hydrogen) atoms. The number of rotatable bonds is 22. The summed E-state index contributed by atoms with van der Waals surface area (Å²) in [5, 5.41) is 17.9. The predicted octanol–water partition coefficient (Wildman–Crippen LogP) is 5.51. The Morgan fingerprint density at radius 1 is 1.04 bits per heavy atom. The Hall–Kier alpha value is -2.19. The summed E-state index contributed by atoms with van der Waals surface area (Å²) in [5.41, 5.74) is -0.220. The van der Waals surface area contributed by atoms with Crippen LogP contribution < -0.4 is 16.0 Å². The van der Waals surface area contributed by atoms with E-state index in [9.17, 15) is 9.59 Å². The first-order valence-electron chi connectivity index (χ1n) is 16.7. The number of ether oxygens (including phenoxy) is 4. The lowest BCUT2D eigenvalue weighted by atomic mass is 9.74. The van der Waals surface area contributed by atoms with Crippen molar-refractivity contribution in [3.05, 3.63) is 12.2 Å². The van der Waals surface area contributed by atoms with Gasteiger partial charge in [0.05, 0.1) is 49.7 Å². The molecule has 2 saturated carbocycles. The van der Waals surface area contributed by atoms with Crippen molar-refractivity contribution >= 4 is 12.0 Å². The lowest BCUT2D eigenvalue weighted by Gasteiger charge is -2.43. The largest absolute Gasteiger partial charge is 0.460 e. The van der Waals surface area contributed by atoms with Crippen molar-refractivity contribution in [1.82, 2.24) is 16.0 Å². The molecule has 0 saturated heterocycles. The van der Waals surface area contributed by atoms with Gasteiger partial charge in [0.1, 0.15) is 6.61 Å². The molecule has 6 unspecified atom stereocenters. The first-order chi connectivity index (χ1) is 20.9. The third kappa shape index (κ3) is 10.9. The van der Waals surface area contributed by atoms with Gasteiger partial charge in [0.25, 0.3) is 0 Å².